The lowest BCUT2D eigenvalue weighted by Crippen LogP contribution is -2.49. The van der Waals surface area contributed by atoms with Crippen molar-refractivity contribution in [1.29, 1.82) is 0 Å². The lowest BCUT2D eigenvalue weighted by molar-refractivity contribution is -0.128. The van der Waals surface area contributed by atoms with Crippen molar-refractivity contribution in [3.05, 3.63) is 90.5 Å². The molecule has 0 bridgehead atoms. The van der Waals surface area contributed by atoms with Crippen molar-refractivity contribution in [2.75, 3.05) is 42.1 Å². The maximum Gasteiger partial charge on any atom is 0.233 e. The van der Waals surface area contributed by atoms with Gasteiger partial charge in [-0.2, -0.15) is 0 Å². The van der Waals surface area contributed by atoms with Gasteiger partial charge in [0.2, 0.25) is 5.91 Å². The maximum atomic E-state index is 12.9. The lowest BCUT2D eigenvalue weighted by Gasteiger charge is -2.36. The van der Waals surface area contributed by atoms with Crippen LogP contribution in [-0.4, -0.2) is 52.7 Å². The molecule has 5 rings (SSSR count). The Morgan fingerprint density at radius 3 is 2.26 bits per heavy atom. The van der Waals surface area contributed by atoms with Gasteiger partial charge in [-0.25, -0.2) is 9.97 Å². The van der Waals surface area contributed by atoms with Gasteiger partial charge in [0.25, 0.3) is 0 Å². The molecule has 34 heavy (non-hydrogen) atoms. The summed E-state index contributed by atoms with van der Waals surface area (Å²) in [6, 6.07) is 28.6. The van der Waals surface area contributed by atoms with Crippen molar-refractivity contribution in [2.24, 2.45) is 0 Å². The number of para-hydroxylation sites is 2. The van der Waals surface area contributed by atoms with E-state index >= 15 is 0 Å². The van der Waals surface area contributed by atoms with Gasteiger partial charge in [0.1, 0.15) is 5.82 Å². The molecule has 172 valence electrons. The highest BCUT2D eigenvalue weighted by molar-refractivity contribution is 7.99. The number of anilines is 2. The Hall–Kier alpha value is -3.58. The summed E-state index contributed by atoms with van der Waals surface area (Å²) in [4.78, 5) is 26.6. The number of hydrogen-bond acceptors (Lipinski definition) is 6. The van der Waals surface area contributed by atoms with E-state index in [0.29, 0.717) is 17.5 Å². The summed E-state index contributed by atoms with van der Waals surface area (Å²) >= 11 is 1.40. The number of thioether (sulfide) groups is 1. The third-order valence-corrected chi connectivity index (χ3v) is 6.80. The van der Waals surface area contributed by atoms with E-state index in [0.717, 1.165) is 42.9 Å². The number of rotatable bonds is 7. The van der Waals surface area contributed by atoms with Crippen LogP contribution in [0.4, 0.5) is 11.5 Å². The van der Waals surface area contributed by atoms with Gasteiger partial charge in [0, 0.05) is 43.8 Å². The number of hydrogen-bond donors (Lipinski definition) is 1. The Bertz CT molecular complexity index is 1240. The molecule has 0 aliphatic carbocycles. The Morgan fingerprint density at radius 2 is 1.50 bits per heavy atom. The molecule has 1 fully saturated rings. The molecule has 0 atom stereocenters. The number of amides is 1. The first-order valence-electron chi connectivity index (χ1n) is 11.5. The second-order valence-corrected chi connectivity index (χ2v) is 9.15. The molecule has 7 heteroatoms. The van der Waals surface area contributed by atoms with E-state index in [2.05, 4.69) is 46.6 Å². The van der Waals surface area contributed by atoms with Gasteiger partial charge in [-0.15, -0.1) is 0 Å². The van der Waals surface area contributed by atoms with Crippen LogP contribution in [-0.2, 0) is 11.3 Å². The highest BCUT2D eigenvalue weighted by atomic mass is 32.2. The summed E-state index contributed by atoms with van der Waals surface area (Å²) in [6.45, 7) is 3.84. The smallest absolute Gasteiger partial charge is 0.233 e. The highest BCUT2D eigenvalue weighted by Crippen LogP contribution is 2.25. The van der Waals surface area contributed by atoms with Crippen LogP contribution < -0.4 is 10.2 Å². The third kappa shape index (κ3) is 5.31. The van der Waals surface area contributed by atoms with E-state index in [1.165, 1.54) is 23.0 Å². The van der Waals surface area contributed by atoms with Crippen LogP contribution in [0.2, 0.25) is 0 Å². The molecule has 2 heterocycles. The molecular formula is C27H27N5OS. The van der Waals surface area contributed by atoms with Gasteiger partial charge in [0.15, 0.2) is 5.16 Å². The average molecular weight is 470 g/mol. The number of aromatic nitrogens is 2. The largest absolute Gasteiger partial charge is 0.368 e. The minimum Gasteiger partial charge on any atom is -0.368 e. The number of benzene rings is 3. The fraction of sp³-hybridized carbons (Fsp3) is 0.222. The number of piperazine rings is 1. The van der Waals surface area contributed by atoms with Crippen LogP contribution in [0.25, 0.3) is 10.9 Å². The Labute approximate surface area is 204 Å². The van der Waals surface area contributed by atoms with Crippen LogP contribution in [0, 0.1) is 0 Å². The second-order valence-electron chi connectivity index (χ2n) is 8.20. The molecule has 1 amide bonds. The monoisotopic (exact) mass is 469 g/mol. The van der Waals surface area contributed by atoms with E-state index in [1.54, 1.807) is 0 Å². The van der Waals surface area contributed by atoms with E-state index in [4.69, 9.17) is 9.97 Å². The molecule has 1 aliphatic rings. The minimum absolute atomic E-state index is 0.133. The summed E-state index contributed by atoms with van der Waals surface area (Å²) in [6.07, 6.45) is 0. The molecule has 4 aromatic rings. The molecule has 0 unspecified atom stereocenters. The summed E-state index contributed by atoms with van der Waals surface area (Å²) < 4.78 is 0. The van der Waals surface area contributed by atoms with E-state index in [-0.39, 0.29) is 5.91 Å². The summed E-state index contributed by atoms with van der Waals surface area (Å²) in [5.74, 6) is 1.26. The van der Waals surface area contributed by atoms with Crippen molar-refractivity contribution in [2.45, 2.75) is 11.7 Å². The maximum absolute atomic E-state index is 12.9. The first kappa shape index (κ1) is 22.2. The zero-order chi connectivity index (χ0) is 23.2. The van der Waals surface area contributed by atoms with E-state index in [9.17, 15) is 4.79 Å². The molecule has 3 aromatic carbocycles. The predicted molar refractivity (Wildman–Crippen MR) is 139 cm³/mol. The molecule has 0 radical (unpaired) electrons. The summed E-state index contributed by atoms with van der Waals surface area (Å²) in [7, 11) is 0. The quantitative estimate of drug-likeness (QED) is 0.313. The van der Waals surface area contributed by atoms with Crippen LogP contribution in [0.1, 0.15) is 5.56 Å². The molecule has 1 N–H and O–H groups in total. The molecule has 1 aromatic heterocycles. The summed E-state index contributed by atoms with van der Waals surface area (Å²) in [5.41, 5.74) is 3.27. The van der Waals surface area contributed by atoms with Crippen molar-refractivity contribution in [3.63, 3.8) is 0 Å². The average Bonchev–Trinajstić information content (AvgIpc) is 2.91. The number of carbonyl (C=O) groups excluding carboxylic acids is 1. The number of nitrogens with one attached hydrogen (secondary N) is 1. The number of fused-ring (bicyclic) bond motifs is 1. The van der Waals surface area contributed by atoms with Crippen molar-refractivity contribution in [1.82, 2.24) is 14.9 Å². The van der Waals surface area contributed by atoms with E-state index in [1.807, 2.05) is 53.4 Å². The first-order valence-corrected chi connectivity index (χ1v) is 12.5. The highest BCUT2D eigenvalue weighted by Gasteiger charge is 2.21. The first-order chi connectivity index (χ1) is 16.8. The number of carbonyl (C=O) groups is 1. The van der Waals surface area contributed by atoms with Gasteiger partial charge in [-0.1, -0.05) is 72.4 Å². The fourth-order valence-corrected chi connectivity index (χ4v) is 4.86. The molecule has 0 saturated carbocycles. The minimum atomic E-state index is 0.133. The third-order valence-electron chi connectivity index (χ3n) is 5.96. The normalized spacial score (nSPS) is 13.8. The number of nitrogens with zero attached hydrogens (tertiary/aromatic N) is 4. The fourth-order valence-electron chi connectivity index (χ4n) is 4.11. The van der Waals surface area contributed by atoms with Gasteiger partial charge in [-0.05, 0) is 29.8 Å². The van der Waals surface area contributed by atoms with Crippen LogP contribution in [0.3, 0.4) is 0 Å². The predicted octanol–water partition coefficient (Wildman–Crippen LogP) is 4.68. The molecular weight excluding hydrogens is 442 g/mol. The Kier molecular flexibility index (Phi) is 6.91. The zero-order valence-electron chi connectivity index (χ0n) is 18.9. The topological polar surface area (TPSA) is 61.4 Å². The second kappa shape index (κ2) is 10.6. The van der Waals surface area contributed by atoms with Crippen LogP contribution in [0.5, 0.6) is 0 Å². The lowest BCUT2D eigenvalue weighted by atomic mass is 10.2. The Balaban J connectivity index is 1.22. The molecule has 1 aliphatic heterocycles. The van der Waals surface area contributed by atoms with Gasteiger partial charge >= 0.3 is 0 Å². The van der Waals surface area contributed by atoms with Gasteiger partial charge in [-0.3, -0.25) is 4.79 Å². The van der Waals surface area contributed by atoms with Crippen LogP contribution in [0.15, 0.2) is 90.1 Å². The molecule has 1 saturated heterocycles. The van der Waals surface area contributed by atoms with Crippen molar-refractivity contribution >= 4 is 40.1 Å². The summed E-state index contributed by atoms with van der Waals surface area (Å²) in [5, 5.41) is 5.04. The van der Waals surface area contributed by atoms with E-state index < -0.39 is 0 Å². The zero-order valence-corrected chi connectivity index (χ0v) is 19.7. The van der Waals surface area contributed by atoms with Gasteiger partial charge in [0.05, 0.1) is 11.3 Å². The van der Waals surface area contributed by atoms with Crippen molar-refractivity contribution in [3.8, 4) is 0 Å². The Morgan fingerprint density at radius 1 is 0.824 bits per heavy atom. The standard InChI is InChI=1S/C27H27N5OS/c33-25(32-17-15-31(16-18-32)22-11-5-2-6-12-22)20-34-27-29-24-14-8-7-13-23(24)26(30-27)28-19-21-9-3-1-4-10-21/h1-14H,15-20H2,(H,28,29,30). The van der Waals surface area contributed by atoms with Crippen molar-refractivity contribution < 1.29 is 4.79 Å². The SMILES string of the molecule is O=C(CSc1nc(NCc2ccccc2)c2ccccc2n1)N1CCN(c2ccccc2)CC1. The van der Waals surface area contributed by atoms with Gasteiger partial charge < -0.3 is 15.1 Å². The van der Waals surface area contributed by atoms with Crippen LogP contribution >= 0.6 is 11.8 Å². The molecule has 0 spiro atoms. The molecule has 6 nitrogen and oxygen atoms in total.